The minimum absolute atomic E-state index is 0.139. The Morgan fingerprint density at radius 1 is 1.50 bits per heavy atom. The van der Waals surface area contributed by atoms with Crippen LogP contribution in [0.5, 0.6) is 0 Å². The lowest BCUT2D eigenvalue weighted by Gasteiger charge is -2.31. The molecule has 110 valence electrons. The van der Waals surface area contributed by atoms with E-state index in [0.29, 0.717) is 6.04 Å². The Kier molecular flexibility index (Phi) is 4.73. The first-order valence-electron chi connectivity index (χ1n) is 7.17. The van der Waals surface area contributed by atoms with Gasteiger partial charge in [-0.15, -0.1) is 0 Å². The molecule has 3 atom stereocenters. The summed E-state index contributed by atoms with van der Waals surface area (Å²) in [5, 5.41) is 20.4. The molecule has 5 heteroatoms. The monoisotopic (exact) mass is 278 g/mol. The Bertz CT molecular complexity index is 476. The first kappa shape index (κ1) is 14.9. The largest absolute Gasteiger partial charge is 0.393 e. The number of aliphatic hydroxyl groups is 1. The molecular formula is C15H22N2O3. The Morgan fingerprint density at radius 2 is 2.25 bits per heavy atom. The van der Waals surface area contributed by atoms with Gasteiger partial charge in [0.05, 0.1) is 11.0 Å². The summed E-state index contributed by atoms with van der Waals surface area (Å²) in [6.45, 7) is 4.88. The predicted molar refractivity (Wildman–Crippen MR) is 77.5 cm³/mol. The molecule has 1 heterocycles. The van der Waals surface area contributed by atoms with Gasteiger partial charge < -0.3 is 5.11 Å². The first-order chi connectivity index (χ1) is 9.49. The SMILES string of the molecule is CC(O)CC1CCCN1C(C)c1cccc([N+](=O)[O-])c1. The summed E-state index contributed by atoms with van der Waals surface area (Å²) in [6.07, 6.45) is 2.66. The molecule has 2 rings (SSSR count). The van der Waals surface area contributed by atoms with Crippen molar-refractivity contribution in [1.29, 1.82) is 0 Å². The van der Waals surface area contributed by atoms with Crippen LogP contribution in [0, 0.1) is 10.1 Å². The third-order valence-electron chi connectivity index (χ3n) is 4.10. The maximum atomic E-state index is 10.9. The topological polar surface area (TPSA) is 66.6 Å². The summed E-state index contributed by atoms with van der Waals surface area (Å²) in [7, 11) is 0. The van der Waals surface area contributed by atoms with Crippen molar-refractivity contribution in [3.63, 3.8) is 0 Å². The second-order valence-electron chi connectivity index (χ2n) is 5.65. The van der Waals surface area contributed by atoms with Crippen LogP contribution in [-0.2, 0) is 0 Å². The summed E-state index contributed by atoms with van der Waals surface area (Å²) in [5.41, 5.74) is 1.11. The lowest BCUT2D eigenvalue weighted by atomic mass is 10.0. The van der Waals surface area contributed by atoms with E-state index in [9.17, 15) is 15.2 Å². The van der Waals surface area contributed by atoms with E-state index in [1.165, 1.54) is 6.07 Å². The predicted octanol–water partition coefficient (Wildman–Crippen LogP) is 2.89. The molecule has 1 aromatic carbocycles. The van der Waals surface area contributed by atoms with Gasteiger partial charge in [-0.25, -0.2) is 0 Å². The summed E-state index contributed by atoms with van der Waals surface area (Å²) in [6, 6.07) is 7.36. The number of hydrogen-bond acceptors (Lipinski definition) is 4. The number of rotatable bonds is 5. The smallest absolute Gasteiger partial charge is 0.269 e. The van der Waals surface area contributed by atoms with Crippen LogP contribution in [0.15, 0.2) is 24.3 Å². The lowest BCUT2D eigenvalue weighted by Crippen LogP contribution is -2.34. The zero-order chi connectivity index (χ0) is 14.7. The third-order valence-corrected chi connectivity index (χ3v) is 4.10. The average Bonchev–Trinajstić information content (AvgIpc) is 2.85. The standard InChI is InChI=1S/C15H22N2O3/c1-11(18)9-14-7-4-8-16(14)12(2)13-5-3-6-15(10-13)17(19)20/h3,5-6,10-12,14,18H,4,7-9H2,1-2H3. The van der Waals surface area contributed by atoms with Crippen LogP contribution in [-0.4, -0.2) is 33.6 Å². The van der Waals surface area contributed by atoms with E-state index in [1.54, 1.807) is 12.1 Å². The van der Waals surface area contributed by atoms with E-state index in [-0.39, 0.29) is 22.8 Å². The summed E-state index contributed by atoms with van der Waals surface area (Å²) in [5.74, 6) is 0. The van der Waals surface area contributed by atoms with Crippen molar-refractivity contribution in [2.45, 2.75) is 51.3 Å². The molecule has 5 nitrogen and oxygen atoms in total. The maximum Gasteiger partial charge on any atom is 0.269 e. The van der Waals surface area contributed by atoms with E-state index in [4.69, 9.17) is 0 Å². The maximum absolute atomic E-state index is 10.9. The van der Waals surface area contributed by atoms with Gasteiger partial charge in [0.2, 0.25) is 0 Å². The van der Waals surface area contributed by atoms with Crippen LogP contribution in [0.4, 0.5) is 5.69 Å². The molecule has 1 aromatic rings. The molecule has 0 saturated carbocycles. The highest BCUT2D eigenvalue weighted by molar-refractivity contribution is 5.35. The number of hydrogen-bond donors (Lipinski definition) is 1. The number of aliphatic hydroxyl groups excluding tert-OH is 1. The molecule has 20 heavy (non-hydrogen) atoms. The van der Waals surface area contributed by atoms with Crippen molar-refractivity contribution in [2.75, 3.05) is 6.54 Å². The number of non-ortho nitro benzene ring substituents is 1. The molecule has 1 fully saturated rings. The van der Waals surface area contributed by atoms with Gasteiger partial charge in [0.25, 0.3) is 5.69 Å². The minimum Gasteiger partial charge on any atom is -0.393 e. The Hall–Kier alpha value is -1.46. The Morgan fingerprint density at radius 3 is 2.90 bits per heavy atom. The molecule has 0 aromatic heterocycles. The second kappa shape index (κ2) is 6.33. The average molecular weight is 278 g/mol. The lowest BCUT2D eigenvalue weighted by molar-refractivity contribution is -0.385. The molecule has 0 aliphatic carbocycles. The zero-order valence-corrected chi connectivity index (χ0v) is 12.0. The quantitative estimate of drug-likeness (QED) is 0.664. The highest BCUT2D eigenvalue weighted by Crippen LogP contribution is 2.32. The number of nitro benzene ring substituents is 1. The van der Waals surface area contributed by atoms with Gasteiger partial charge in [-0.2, -0.15) is 0 Å². The van der Waals surface area contributed by atoms with E-state index >= 15 is 0 Å². The van der Waals surface area contributed by atoms with Crippen LogP contribution < -0.4 is 0 Å². The van der Waals surface area contributed by atoms with Crippen LogP contribution in [0.3, 0.4) is 0 Å². The first-order valence-corrected chi connectivity index (χ1v) is 7.17. The summed E-state index contributed by atoms with van der Waals surface area (Å²) >= 11 is 0. The van der Waals surface area contributed by atoms with Crippen molar-refractivity contribution in [2.24, 2.45) is 0 Å². The van der Waals surface area contributed by atoms with Gasteiger partial charge in [-0.05, 0) is 45.2 Å². The molecule has 1 saturated heterocycles. The number of nitro groups is 1. The fourth-order valence-corrected chi connectivity index (χ4v) is 3.10. The Balaban J connectivity index is 2.15. The minimum atomic E-state index is -0.354. The van der Waals surface area contributed by atoms with Gasteiger partial charge in [0, 0.05) is 24.2 Å². The van der Waals surface area contributed by atoms with Crippen LogP contribution in [0.25, 0.3) is 0 Å². The molecule has 3 unspecified atom stereocenters. The fraction of sp³-hybridized carbons (Fsp3) is 0.600. The molecule has 1 N–H and O–H groups in total. The van der Waals surface area contributed by atoms with Gasteiger partial charge >= 0.3 is 0 Å². The molecule has 1 aliphatic heterocycles. The third kappa shape index (κ3) is 3.35. The van der Waals surface area contributed by atoms with Gasteiger partial charge in [0.1, 0.15) is 0 Å². The molecule has 0 spiro atoms. The van der Waals surface area contributed by atoms with Gasteiger partial charge in [-0.3, -0.25) is 15.0 Å². The van der Waals surface area contributed by atoms with Crippen molar-refractivity contribution in [3.8, 4) is 0 Å². The molecular weight excluding hydrogens is 256 g/mol. The fourth-order valence-electron chi connectivity index (χ4n) is 3.10. The van der Waals surface area contributed by atoms with Crippen molar-refractivity contribution < 1.29 is 10.0 Å². The normalized spacial score (nSPS) is 22.6. The highest BCUT2D eigenvalue weighted by Gasteiger charge is 2.30. The van der Waals surface area contributed by atoms with Gasteiger partial charge in [0.15, 0.2) is 0 Å². The number of likely N-dealkylation sites (tertiary alicyclic amines) is 1. The number of benzene rings is 1. The molecule has 0 radical (unpaired) electrons. The van der Waals surface area contributed by atoms with Crippen molar-refractivity contribution in [1.82, 2.24) is 4.90 Å². The molecule has 0 bridgehead atoms. The summed E-state index contributed by atoms with van der Waals surface area (Å²) < 4.78 is 0. The van der Waals surface area contributed by atoms with E-state index in [0.717, 1.165) is 31.4 Å². The Labute approximate surface area is 119 Å². The van der Waals surface area contributed by atoms with Crippen LogP contribution in [0.1, 0.15) is 44.7 Å². The molecule has 0 amide bonds. The summed E-state index contributed by atoms with van der Waals surface area (Å²) in [4.78, 5) is 12.9. The highest BCUT2D eigenvalue weighted by atomic mass is 16.6. The second-order valence-corrected chi connectivity index (χ2v) is 5.65. The zero-order valence-electron chi connectivity index (χ0n) is 12.0. The van der Waals surface area contributed by atoms with E-state index < -0.39 is 0 Å². The van der Waals surface area contributed by atoms with Crippen LogP contribution in [0.2, 0.25) is 0 Å². The van der Waals surface area contributed by atoms with Crippen molar-refractivity contribution in [3.05, 3.63) is 39.9 Å². The van der Waals surface area contributed by atoms with Crippen molar-refractivity contribution >= 4 is 5.69 Å². The van der Waals surface area contributed by atoms with Gasteiger partial charge in [-0.1, -0.05) is 12.1 Å². The van der Waals surface area contributed by atoms with E-state index in [2.05, 4.69) is 11.8 Å². The molecule has 1 aliphatic rings. The number of nitrogens with zero attached hydrogens (tertiary/aromatic N) is 2. The van der Waals surface area contributed by atoms with E-state index in [1.807, 2.05) is 13.0 Å². The van der Waals surface area contributed by atoms with Crippen LogP contribution >= 0.6 is 0 Å².